The maximum atomic E-state index is 4.99. The predicted molar refractivity (Wildman–Crippen MR) is 45.1 cm³/mol. The monoisotopic (exact) mass is 166 g/mol. The summed E-state index contributed by atoms with van der Waals surface area (Å²) in [5, 5.41) is -0.637. The Bertz CT molecular complexity index is 75.4. The van der Waals surface area contributed by atoms with Crippen LogP contribution < -0.4 is 0 Å². The normalized spacial score (nSPS) is 12.3. The number of thiol groups is 1. The molecule has 0 unspecified atom stereocenters. The summed E-state index contributed by atoms with van der Waals surface area (Å²) in [6, 6.07) is 1.14. The van der Waals surface area contributed by atoms with Gasteiger partial charge in [-0.1, -0.05) is 6.04 Å². The highest BCUT2D eigenvalue weighted by Gasteiger charge is 2.21. The average molecular weight is 166 g/mol. The summed E-state index contributed by atoms with van der Waals surface area (Å²) in [4.78, 5) is 0. The Morgan fingerprint density at radius 2 is 1.89 bits per heavy atom. The van der Waals surface area contributed by atoms with E-state index >= 15 is 0 Å². The molecule has 0 heterocycles. The lowest BCUT2D eigenvalue weighted by molar-refractivity contribution is -0.133. The van der Waals surface area contributed by atoms with Crippen LogP contribution in [-0.2, 0) is 9.47 Å². The maximum absolute atomic E-state index is 4.99. The molecule has 0 atom stereocenters. The summed E-state index contributed by atoms with van der Waals surface area (Å²) >= 11 is 4.18. The van der Waals surface area contributed by atoms with Gasteiger partial charge in [-0.15, -0.1) is 12.6 Å². The Hall–Kier alpha value is 0.487. The molecule has 0 amide bonds. The van der Waals surface area contributed by atoms with Crippen LogP contribution in [0.25, 0.3) is 0 Å². The lowest BCUT2D eigenvalue weighted by Gasteiger charge is -2.23. The van der Waals surface area contributed by atoms with Gasteiger partial charge in [-0.3, -0.25) is 0 Å². The zero-order valence-electron chi connectivity index (χ0n) is 6.18. The van der Waals surface area contributed by atoms with E-state index in [1.165, 1.54) is 10.2 Å². The minimum atomic E-state index is -0.637. The molecule has 2 nitrogen and oxygen atoms in total. The molecule has 0 aromatic heterocycles. The van der Waals surface area contributed by atoms with Gasteiger partial charge in [0.15, 0.2) is 0 Å². The Morgan fingerprint density at radius 1 is 1.44 bits per heavy atom. The van der Waals surface area contributed by atoms with Crippen molar-refractivity contribution >= 4 is 22.9 Å². The van der Waals surface area contributed by atoms with Gasteiger partial charge in [0.25, 0.3) is 0 Å². The molecule has 0 fully saturated rings. The highest BCUT2D eigenvalue weighted by atomic mass is 32.1. The highest BCUT2D eigenvalue weighted by molar-refractivity contribution is 7.81. The topological polar surface area (TPSA) is 18.5 Å². The summed E-state index contributed by atoms with van der Waals surface area (Å²) in [6.07, 6.45) is 0.870. The van der Waals surface area contributed by atoms with E-state index < -0.39 is 5.12 Å². The summed E-state index contributed by atoms with van der Waals surface area (Å²) < 4.78 is 9.98. The molecule has 0 aliphatic heterocycles. The maximum Gasteiger partial charge on any atom is 0.214 e. The van der Waals surface area contributed by atoms with Crippen molar-refractivity contribution in [3.8, 4) is 0 Å². The van der Waals surface area contributed by atoms with Crippen LogP contribution in [-0.4, -0.2) is 29.6 Å². The van der Waals surface area contributed by atoms with Crippen LogP contribution in [0.2, 0.25) is 6.04 Å². The van der Waals surface area contributed by atoms with Gasteiger partial charge in [0.1, 0.15) is 0 Å². The van der Waals surface area contributed by atoms with Crippen molar-refractivity contribution in [2.75, 3.05) is 14.2 Å². The van der Waals surface area contributed by atoms with Crippen LogP contribution in [0.1, 0.15) is 6.42 Å². The van der Waals surface area contributed by atoms with Crippen molar-refractivity contribution in [2.45, 2.75) is 17.6 Å². The lowest BCUT2D eigenvalue weighted by atomic mass is 10.4. The third-order valence-corrected chi connectivity index (χ3v) is 2.29. The molecule has 0 aliphatic rings. The molecule has 0 saturated carbocycles. The van der Waals surface area contributed by atoms with Crippen LogP contribution >= 0.6 is 12.6 Å². The second-order valence-electron chi connectivity index (χ2n) is 1.87. The van der Waals surface area contributed by atoms with Gasteiger partial charge in [0.05, 0.1) is 0 Å². The molecule has 0 saturated heterocycles. The fourth-order valence-electron chi connectivity index (χ4n) is 0.603. The highest BCUT2D eigenvalue weighted by Crippen LogP contribution is 2.21. The van der Waals surface area contributed by atoms with Gasteiger partial charge >= 0.3 is 0 Å². The third-order valence-electron chi connectivity index (χ3n) is 1.20. The lowest BCUT2D eigenvalue weighted by Crippen LogP contribution is -2.25. The molecule has 0 spiro atoms. The number of ether oxygens (including phenoxy) is 2. The molecule has 4 heteroatoms. The van der Waals surface area contributed by atoms with E-state index in [1.54, 1.807) is 14.2 Å². The zero-order chi connectivity index (χ0) is 7.33. The van der Waals surface area contributed by atoms with Gasteiger partial charge in [-0.2, -0.15) is 0 Å². The van der Waals surface area contributed by atoms with Crippen LogP contribution in [0.5, 0.6) is 0 Å². The first-order chi connectivity index (χ1) is 4.18. The van der Waals surface area contributed by atoms with E-state index in [1.807, 2.05) is 0 Å². The van der Waals surface area contributed by atoms with Crippen molar-refractivity contribution in [2.24, 2.45) is 0 Å². The standard InChI is InChI=1S/C5H14O2SSi/c1-6-5(8,7-2)3-4-9/h8H,3-4H2,1-2,9H3. The van der Waals surface area contributed by atoms with Crippen molar-refractivity contribution in [3.63, 3.8) is 0 Å². The molecule has 9 heavy (non-hydrogen) atoms. The van der Waals surface area contributed by atoms with Crippen molar-refractivity contribution in [1.82, 2.24) is 0 Å². The van der Waals surface area contributed by atoms with Crippen LogP contribution in [0.3, 0.4) is 0 Å². The molecule has 0 rings (SSSR count). The second kappa shape index (κ2) is 4.33. The Labute approximate surface area is 64.8 Å². The van der Waals surface area contributed by atoms with Gasteiger partial charge in [0, 0.05) is 30.9 Å². The molecular formula is C5H14O2SSi. The van der Waals surface area contributed by atoms with E-state index in [2.05, 4.69) is 12.6 Å². The molecule has 0 aliphatic carbocycles. The minimum Gasteiger partial charge on any atom is -0.345 e. The predicted octanol–water partition coefficient (Wildman–Crippen LogP) is 0.0366. The Kier molecular flexibility index (Phi) is 4.56. The van der Waals surface area contributed by atoms with E-state index in [0.29, 0.717) is 0 Å². The first-order valence-electron chi connectivity index (χ1n) is 3.01. The zero-order valence-corrected chi connectivity index (χ0v) is 9.07. The molecular weight excluding hydrogens is 152 g/mol. The summed E-state index contributed by atoms with van der Waals surface area (Å²) in [7, 11) is 4.38. The molecule has 0 N–H and O–H groups in total. The van der Waals surface area contributed by atoms with Crippen molar-refractivity contribution in [1.29, 1.82) is 0 Å². The molecule has 0 aromatic carbocycles. The summed E-state index contributed by atoms with van der Waals surface area (Å²) in [6.45, 7) is 0. The quantitative estimate of drug-likeness (QED) is 0.361. The average Bonchev–Trinajstić information content (AvgIpc) is 1.89. The van der Waals surface area contributed by atoms with Crippen molar-refractivity contribution < 1.29 is 9.47 Å². The minimum absolute atomic E-state index is 0.637. The molecule has 0 aromatic rings. The smallest absolute Gasteiger partial charge is 0.214 e. The van der Waals surface area contributed by atoms with Gasteiger partial charge in [-0.05, 0) is 0 Å². The summed E-state index contributed by atoms with van der Waals surface area (Å²) in [5.74, 6) is 0. The number of hydrogen-bond donors (Lipinski definition) is 1. The number of rotatable bonds is 4. The fourth-order valence-corrected chi connectivity index (χ4v) is 1.91. The Morgan fingerprint density at radius 3 is 2.00 bits per heavy atom. The number of hydrogen-bond acceptors (Lipinski definition) is 3. The van der Waals surface area contributed by atoms with E-state index in [-0.39, 0.29) is 0 Å². The fraction of sp³-hybridized carbons (Fsp3) is 1.00. The largest absolute Gasteiger partial charge is 0.345 e. The van der Waals surface area contributed by atoms with Crippen LogP contribution in [0, 0.1) is 0 Å². The van der Waals surface area contributed by atoms with Crippen LogP contribution in [0.15, 0.2) is 0 Å². The molecule has 0 radical (unpaired) electrons. The first kappa shape index (κ1) is 9.49. The molecule has 0 bridgehead atoms. The van der Waals surface area contributed by atoms with Gasteiger partial charge in [-0.25, -0.2) is 0 Å². The Balaban J connectivity index is 3.62. The van der Waals surface area contributed by atoms with Gasteiger partial charge in [0.2, 0.25) is 5.12 Å². The second-order valence-corrected chi connectivity index (χ2v) is 3.55. The molecule has 56 valence electrons. The third kappa shape index (κ3) is 3.25. The summed E-state index contributed by atoms with van der Waals surface area (Å²) in [5.41, 5.74) is 0. The van der Waals surface area contributed by atoms with Gasteiger partial charge < -0.3 is 9.47 Å². The number of methoxy groups -OCH3 is 2. The first-order valence-corrected chi connectivity index (χ1v) is 4.87. The van der Waals surface area contributed by atoms with E-state index in [4.69, 9.17) is 9.47 Å². The van der Waals surface area contributed by atoms with E-state index in [9.17, 15) is 0 Å². The van der Waals surface area contributed by atoms with Crippen LogP contribution in [0.4, 0.5) is 0 Å². The van der Waals surface area contributed by atoms with Crippen molar-refractivity contribution in [3.05, 3.63) is 0 Å². The SMILES string of the molecule is COC(S)(CC[SiH3])OC. The van der Waals surface area contributed by atoms with E-state index in [0.717, 1.165) is 12.5 Å².